The largest absolute Gasteiger partial charge is 0.494 e. The van der Waals surface area contributed by atoms with Crippen molar-refractivity contribution < 1.29 is 9.31 Å². The minimum Gasteiger partial charge on any atom is -0.399 e. The standard InChI is InChI=1S/C22H34BNO2/c1-21(2)22(3,4)26-23(25-21)20-11-7-8-17(14-20)15-24-13-12-18-9-5-6-10-19(18)16-24/h7-8,11,14,18-19H,5-6,9-10,12-13,15-16H2,1-4H3. The van der Waals surface area contributed by atoms with Gasteiger partial charge in [0.05, 0.1) is 11.2 Å². The van der Waals surface area contributed by atoms with Crippen LogP contribution in [0.4, 0.5) is 0 Å². The highest BCUT2D eigenvalue weighted by molar-refractivity contribution is 6.62. The highest BCUT2D eigenvalue weighted by atomic mass is 16.7. The molecule has 1 aliphatic carbocycles. The van der Waals surface area contributed by atoms with Gasteiger partial charge in [0.2, 0.25) is 0 Å². The molecule has 2 unspecified atom stereocenters. The van der Waals surface area contributed by atoms with Crippen LogP contribution in [0.2, 0.25) is 0 Å². The molecule has 1 aromatic rings. The fourth-order valence-electron chi connectivity index (χ4n) is 4.90. The van der Waals surface area contributed by atoms with Gasteiger partial charge in [-0.2, -0.15) is 0 Å². The molecule has 3 aliphatic rings. The molecule has 2 aliphatic heterocycles. The number of piperidine rings is 1. The Bertz CT molecular complexity index is 629. The van der Waals surface area contributed by atoms with Crippen LogP contribution in [0.3, 0.4) is 0 Å². The highest BCUT2D eigenvalue weighted by Crippen LogP contribution is 2.37. The molecule has 4 heteroatoms. The van der Waals surface area contributed by atoms with Gasteiger partial charge in [-0.05, 0) is 69.9 Å². The first kappa shape index (κ1) is 18.5. The third-order valence-corrected chi connectivity index (χ3v) is 7.26. The van der Waals surface area contributed by atoms with Crippen LogP contribution in [0.1, 0.15) is 65.4 Å². The van der Waals surface area contributed by atoms with Gasteiger partial charge in [0.1, 0.15) is 0 Å². The maximum absolute atomic E-state index is 6.23. The van der Waals surface area contributed by atoms with Crippen LogP contribution in [0.15, 0.2) is 24.3 Å². The minimum atomic E-state index is -0.281. The lowest BCUT2D eigenvalue weighted by atomic mass is 9.75. The Labute approximate surface area is 159 Å². The van der Waals surface area contributed by atoms with E-state index in [1.54, 1.807) is 0 Å². The van der Waals surface area contributed by atoms with Crippen LogP contribution >= 0.6 is 0 Å². The van der Waals surface area contributed by atoms with Crippen molar-refractivity contribution in [2.45, 2.75) is 77.5 Å². The molecule has 1 saturated carbocycles. The maximum Gasteiger partial charge on any atom is 0.494 e. The summed E-state index contributed by atoms with van der Waals surface area (Å²) >= 11 is 0. The van der Waals surface area contributed by atoms with Crippen molar-refractivity contribution in [2.24, 2.45) is 11.8 Å². The SMILES string of the molecule is CC1(C)OB(c2cccc(CN3CCC4CCCCC4C3)c2)OC1(C)C. The molecular weight excluding hydrogens is 321 g/mol. The van der Waals surface area contributed by atoms with E-state index in [-0.39, 0.29) is 18.3 Å². The summed E-state index contributed by atoms with van der Waals surface area (Å²) in [5.74, 6) is 1.93. The molecule has 1 aromatic carbocycles. The topological polar surface area (TPSA) is 21.7 Å². The highest BCUT2D eigenvalue weighted by Gasteiger charge is 2.51. The molecule has 0 radical (unpaired) electrons. The van der Waals surface area contributed by atoms with Gasteiger partial charge in [0.25, 0.3) is 0 Å². The second-order valence-electron chi connectivity index (χ2n) is 9.66. The summed E-state index contributed by atoms with van der Waals surface area (Å²) in [6, 6.07) is 8.83. The van der Waals surface area contributed by atoms with Crippen molar-refractivity contribution in [2.75, 3.05) is 13.1 Å². The first-order valence-electron chi connectivity index (χ1n) is 10.5. The Balaban J connectivity index is 1.42. The van der Waals surface area contributed by atoms with Gasteiger partial charge in [-0.15, -0.1) is 0 Å². The van der Waals surface area contributed by atoms with Crippen molar-refractivity contribution >= 4 is 12.6 Å². The van der Waals surface area contributed by atoms with Crippen molar-refractivity contribution in [1.82, 2.24) is 4.90 Å². The van der Waals surface area contributed by atoms with E-state index in [4.69, 9.17) is 9.31 Å². The monoisotopic (exact) mass is 355 g/mol. The van der Waals surface area contributed by atoms with E-state index in [2.05, 4.69) is 56.9 Å². The third-order valence-electron chi connectivity index (χ3n) is 7.26. The Hall–Kier alpha value is -0.835. The molecule has 3 nitrogen and oxygen atoms in total. The molecule has 2 heterocycles. The summed E-state index contributed by atoms with van der Waals surface area (Å²) in [4.78, 5) is 2.66. The Morgan fingerprint density at radius 1 is 1.00 bits per heavy atom. The van der Waals surface area contributed by atoms with Crippen LogP contribution in [-0.2, 0) is 15.9 Å². The number of nitrogens with zero attached hydrogens (tertiary/aromatic N) is 1. The van der Waals surface area contributed by atoms with Gasteiger partial charge in [-0.1, -0.05) is 43.5 Å². The predicted molar refractivity (Wildman–Crippen MR) is 108 cm³/mol. The average molecular weight is 355 g/mol. The van der Waals surface area contributed by atoms with E-state index in [1.165, 1.54) is 50.8 Å². The summed E-state index contributed by atoms with van der Waals surface area (Å²) < 4.78 is 12.5. The van der Waals surface area contributed by atoms with E-state index in [0.717, 1.165) is 23.8 Å². The van der Waals surface area contributed by atoms with Gasteiger partial charge >= 0.3 is 7.12 Å². The van der Waals surface area contributed by atoms with E-state index < -0.39 is 0 Å². The van der Waals surface area contributed by atoms with Gasteiger partial charge in [0.15, 0.2) is 0 Å². The molecule has 26 heavy (non-hydrogen) atoms. The minimum absolute atomic E-state index is 0.260. The van der Waals surface area contributed by atoms with E-state index in [0.29, 0.717) is 0 Å². The third kappa shape index (κ3) is 3.61. The van der Waals surface area contributed by atoms with E-state index in [9.17, 15) is 0 Å². The molecule has 0 N–H and O–H groups in total. The number of fused-ring (bicyclic) bond motifs is 1. The fourth-order valence-corrected chi connectivity index (χ4v) is 4.90. The molecular formula is C22H34BNO2. The number of hydrogen-bond acceptors (Lipinski definition) is 3. The molecule has 0 aromatic heterocycles. The first-order chi connectivity index (χ1) is 12.3. The van der Waals surface area contributed by atoms with E-state index in [1.807, 2.05) is 0 Å². The van der Waals surface area contributed by atoms with Gasteiger partial charge in [-0.3, -0.25) is 4.90 Å². The zero-order chi connectivity index (χ0) is 18.4. The summed E-state index contributed by atoms with van der Waals surface area (Å²) in [5.41, 5.74) is 1.97. The molecule has 0 bridgehead atoms. The zero-order valence-corrected chi connectivity index (χ0v) is 17.0. The van der Waals surface area contributed by atoms with Gasteiger partial charge in [-0.25, -0.2) is 0 Å². The van der Waals surface area contributed by atoms with E-state index >= 15 is 0 Å². The molecule has 4 rings (SSSR count). The molecule has 0 spiro atoms. The smallest absolute Gasteiger partial charge is 0.399 e. The predicted octanol–water partition coefficient (Wildman–Crippen LogP) is 4.00. The van der Waals surface area contributed by atoms with Crippen LogP contribution in [0.5, 0.6) is 0 Å². The van der Waals surface area contributed by atoms with Crippen LogP contribution in [-0.4, -0.2) is 36.3 Å². The number of rotatable bonds is 3. The van der Waals surface area contributed by atoms with Crippen molar-refractivity contribution in [1.29, 1.82) is 0 Å². The summed E-state index contributed by atoms with van der Waals surface area (Å²) in [5, 5.41) is 0. The molecule has 2 atom stereocenters. The number of hydrogen-bond donors (Lipinski definition) is 0. The van der Waals surface area contributed by atoms with Crippen molar-refractivity contribution in [3.8, 4) is 0 Å². The summed E-state index contributed by atoms with van der Waals surface area (Å²) in [6.45, 7) is 12.1. The Kier molecular flexibility index (Phi) is 4.96. The number of likely N-dealkylation sites (tertiary alicyclic amines) is 1. The lowest BCUT2D eigenvalue weighted by Gasteiger charge is -2.41. The van der Waals surface area contributed by atoms with Gasteiger partial charge in [0, 0.05) is 13.1 Å². The van der Waals surface area contributed by atoms with Crippen LogP contribution in [0.25, 0.3) is 0 Å². The van der Waals surface area contributed by atoms with Crippen molar-refractivity contribution in [3.05, 3.63) is 29.8 Å². The molecule has 142 valence electrons. The average Bonchev–Trinajstić information content (AvgIpc) is 2.83. The van der Waals surface area contributed by atoms with Crippen LogP contribution < -0.4 is 5.46 Å². The quantitative estimate of drug-likeness (QED) is 0.765. The normalized spacial score (nSPS) is 31.0. The zero-order valence-electron chi connectivity index (χ0n) is 17.0. The molecule has 2 saturated heterocycles. The van der Waals surface area contributed by atoms with Crippen LogP contribution in [0, 0.1) is 11.8 Å². The second kappa shape index (κ2) is 6.96. The Morgan fingerprint density at radius 3 is 2.42 bits per heavy atom. The summed E-state index contributed by atoms with van der Waals surface area (Å²) in [6.07, 6.45) is 7.19. The maximum atomic E-state index is 6.23. The fraction of sp³-hybridized carbons (Fsp3) is 0.727. The van der Waals surface area contributed by atoms with Gasteiger partial charge < -0.3 is 9.31 Å². The Morgan fingerprint density at radius 2 is 1.69 bits per heavy atom. The second-order valence-corrected chi connectivity index (χ2v) is 9.66. The first-order valence-corrected chi connectivity index (χ1v) is 10.5. The lowest BCUT2D eigenvalue weighted by molar-refractivity contribution is 0.00578. The lowest BCUT2D eigenvalue weighted by Crippen LogP contribution is -2.41. The molecule has 0 amide bonds. The van der Waals surface area contributed by atoms with Crippen molar-refractivity contribution in [3.63, 3.8) is 0 Å². The number of benzene rings is 1. The summed E-state index contributed by atoms with van der Waals surface area (Å²) in [7, 11) is -0.260. The molecule has 3 fully saturated rings.